The molecule has 2 fully saturated rings. The van der Waals surface area contributed by atoms with Crippen molar-refractivity contribution in [3.63, 3.8) is 0 Å². The van der Waals surface area contributed by atoms with Gasteiger partial charge < -0.3 is 34.3 Å². The zero-order chi connectivity index (χ0) is 26.1. The average molecular weight is 495 g/mol. The Hall–Kier alpha value is -2.53. The number of hydrogen-bond acceptors (Lipinski definition) is 10. The lowest BCUT2D eigenvalue weighted by Gasteiger charge is -2.29. The molecule has 0 amide bonds. The second-order valence-corrected chi connectivity index (χ2v) is 9.86. The minimum absolute atomic E-state index is 0.138. The molecule has 0 aromatic carbocycles. The Morgan fingerprint density at radius 3 is 2.69 bits per heavy atom. The van der Waals surface area contributed by atoms with Crippen molar-refractivity contribution in [3.8, 4) is 0 Å². The molecule has 10 heteroatoms. The van der Waals surface area contributed by atoms with Crippen molar-refractivity contribution in [2.45, 2.75) is 76.7 Å². The quantitative estimate of drug-likeness (QED) is 0.152. The smallest absolute Gasteiger partial charge is 0.336 e. The van der Waals surface area contributed by atoms with E-state index in [4.69, 9.17) is 18.9 Å². The van der Waals surface area contributed by atoms with Gasteiger partial charge >= 0.3 is 17.9 Å². The number of hydrogen-bond donors (Lipinski definition) is 3. The van der Waals surface area contributed by atoms with Gasteiger partial charge in [0.25, 0.3) is 0 Å². The van der Waals surface area contributed by atoms with Crippen LogP contribution in [0.3, 0.4) is 0 Å². The maximum absolute atomic E-state index is 12.9. The van der Waals surface area contributed by atoms with Crippen LogP contribution in [0.5, 0.6) is 0 Å². The Morgan fingerprint density at radius 1 is 1.37 bits per heavy atom. The lowest BCUT2D eigenvalue weighted by molar-refractivity contribution is -0.155. The summed E-state index contributed by atoms with van der Waals surface area (Å²) < 4.78 is 22.0. The Bertz CT molecular complexity index is 935. The van der Waals surface area contributed by atoms with E-state index in [0.29, 0.717) is 12.0 Å². The summed E-state index contributed by atoms with van der Waals surface area (Å²) in [7, 11) is 0. The highest BCUT2D eigenvalue weighted by atomic mass is 16.6. The topological polar surface area (TPSA) is 152 Å². The minimum Gasteiger partial charge on any atom is -0.460 e. The third-order valence-corrected chi connectivity index (χ3v) is 6.81. The maximum Gasteiger partial charge on any atom is 0.336 e. The summed E-state index contributed by atoms with van der Waals surface area (Å²) in [5, 5.41) is 29.9. The van der Waals surface area contributed by atoms with Gasteiger partial charge in [-0.25, -0.2) is 14.4 Å². The number of epoxide rings is 1. The molecule has 35 heavy (non-hydrogen) atoms. The van der Waals surface area contributed by atoms with E-state index in [1.807, 2.05) is 6.92 Å². The molecule has 0 saturated carbocycles. The summed E-state index contributed by atoms with van der Waals surface area (Å²) in [5.74, 6) is -3.38. The molecular weight excluding hydrogens is 460 g/mol. The van der Waals surface area contributed by atoms with Crippen LogP contribution in [-0.4, -0.2) is 82.6 Å². The SMILES string of the molecule is C=C1C(=O)O[C@@H]2/C=C(/C)[C@@H](O)C[C@H]3O[C@]3(C)C[C@@H](OC(=O)/C(=C/COC(=O)C(O)C(C)C)CO)[C@@H]12. The molecule has 194 valence electrons. The van der Waals surface area contributed by atoms with Crippen LogP contribution in [0.15, 0.2) is 35.5 Å². The van der Waals surface area contributed by atoms with E-state index in [9.17, 15) is 29.7 Å². The van der Waals surface area contributed by atoms with E-state index in [1.165, 1.54) is 6.08 Å². The monoisotopic (exact) mass is 494 g/mol. The predicted octanol–water partition coefficient (Wildman–Crippen LogP) is 0.733. The van der Waals surface area contributed by atoms with Gasteiger partial charge in [0.1, 0.15) is 18.8 Å². The third-order valence-electron chi connectivity index (χ3n) is 6.81. The number of ether oxygens (including phenoxy) is 4. The fourth-order valence-corrected chi connectivity index (χ4v) is 4.36. The Balaban J connectivity index is 1.80. The van der Waals surface area contributed by atoms with Crippen molar-refractivity contribution < 1.29 is 48.7 Å². The first-order valence-electron chi connectivity index (χ1n) is 11.7. The summed E-state index contributed by atoms with van der Waals surface area (Å²) in [6.07, 6.45) is -0.591. The molecule has 2 heterocycles. The molecule has 0 aromatic heterocycles. The number of fused-ring (bicyclic) bond motifs is 2. The molecular formula is C25H34O10. The highest BCUT2D eigenvalue weighted by molar-refractivity contribution is 5.92. The lowest BCUT2D eigenvalue weighted by atomic mass is 9.82. The molecule has 3 aliphatic rings. The van der Waals surface area contributed by atoms with Gasteiger partial charge in [-0.2, -0.15) is 0 Å². The summed E-state index contributed by atoms with van der Waals surface area (Å²) >= 11 is 0. The van der Waals surface area contributed by atoms with Gasteiger partial charge in [0.2, 0.25) is 0 Å². The fraction of sp³-hybridized carbons (Fsp3) is 0.640. The van der Waals surface area contributed by atoms with Crippen LogP contribution in [0, 0.1) is 11.8 Å². The molecule has 3 rings (SSSR count). The van der Waals surface area contributed by atoms with Gasteiger partial charge in [-0.1, -0.05) is 20.4 Å². The van der Waals surface area contributed by atoms with E-state index in [2.05, 4.69) is 6.58 Å². The van der Waals surface area contributed by atoms with Crippen LogP contribution in [0.4, 0.5) is 0 Å². The van der Waals surface area contributed by atoms with Crippen LogP contribution < -0.4 is 0 Å². The summed E-state index contributed by atoms with van der Waals surface area (Å²) in [6, 6.07) is 0. The van der Waals surface area contributed by atoms with Crippen LogP contribution in [0.25, 0.3) is 0 Å². The number of rotatable bonds is 7. The summed E-state index contributed by atoms with van der Waals surface area (Å²) in [6.45, 7) is 9.68. The van der Waals surface area contributed by atoms with Gasteiger partial charge in [-0.15, -0.1) is 0 Å². The van der Waals surface area contributed by atoms with Crippen molar-refractivity contribution in [2.24, 2.45) is 11.8 Å². The van der Waals surface area contributed by atoms with E-state index >= 15 is 0 Å². The van der Waals surface area contributed by atoms with Crippen LogP contribution in [0.2, 0.25) is 0 Å². The molecule has 3 N–H and O–H groups in total. The second-order valence-electron chi connectivity index (χ2n) is 9.86. The van der Waals surface area contributed by atoms with E-state index < -0.39 is 60.4 Å². The van der Waals surface area contributed by atoms with Gasteiger partial charge in [-0.05, 0) is 37.5 Å². The largest absolute Gasteiger partial charge is 0.460 e. The number of esters is 3. The molecule has 0 spiro atoms. The molecule has 1 unspecified atom stereocenters. The first-order chi connectivity index (χ1) is 16.4. The Morgan fingerprint density at radius 2 is 2.06 bits per heavy atom. The fourth-order valence-electron chi connectivity index (χ4n) is 4.36. The lowest BCUT2D eigenvalue weighted by Crippen LogP contribution is -2.38. The highest BCUT2D eigenvalue weighted by Crippen LogP contribution is 2.48. The van der Waals surface area contributed by atoms with Crippen molar-refractivity contribution in [1.82, 2.24) is 0 Å². The highest BCUT2D eigenvalue weighted by Gasteiger charge is 2.57. The number of carbonyl (C=O) groups is 3. The Labute approximate surface area is 204 Å². The van der Waals surface area contributed by atoms with Crippen molar-refractivity contribution in [3.05, 3.63) is 35.5 Å². The van der Waals surface area contributed by atoms with E-state index in [-0.39, 0.29) is 36.2 Å². The number of aliphatic hydroxyl groups is 3. The molecule has 2 aliphatic heterocycles. The molecule has 0 bridgehead atoms. The van der Waals surface area contributed by atoms with E-state index in [1.54, 1.807) is 26.8 Å². The van der Waals surface area contributed by atoms with Gasteiger partial charge in [0, 0.05) is 18.4 Å². The molecule has 10 nitrogen and oxygen atoms in total. The predicted molar refractivity (Wildman–Crippen MR) is 122 cm³/mol. The third kappa shape index (κ3) is 6.00. The van der Waals surface area contributed by atoms with Gasteiger partial charge in [0.05, 0.1) is 35.9 Å². The van der Waals surface area contributed by atoms with Crippen LogP contribution in [-0.2, 0) is 33.3 Å². The van der Waals surface area contributed by atoms with Crippen molar-refractivity contribution >= 4 is 17.9 Å². The number of carbonyl (C=O) groups excluding carboxylic acids is 3. The average Bonchev–Trinajstić information content (AvgIpc) is 3.32. The normalized spacial score (nSPS) is 35.3. The molecule has 1 aliphatic carbocycles. The molecule has 7 atom stereocenters. The Kier molecular flexibility index (Phi) is 8.21. The summed E-state index contributed by atoms with van der Waals surface area (Å²) in [4.78, 5) is 37.1. The molecule has 0 radical (unpaired) electrons. The molecule has 0 aromatic rings. The number of aliphatic hydroxyl groups excluding tert-OH is 3. The van der Waals surface area contributed by atoms with E-state index in [0.717, 1.165) is 0 Å². The zero-order valence-electron chi connectivity index (χ0n) is 20.4. The minimum atomic E-state index is -1.30. The first-order valence-corrected chi connectivity index (χ1v) is 11.7. The van der Waals surface area contributed by atoms with Crippen LogP contribution >= 0.6 is 0 Å². The maximum atomic E-state index is 12.9. The van der Waals surface area contributed by atoms with Crippen molar-refractivity contribution in [1.29, 1.82) is 0 Å². The first kappa shape index (κ1) is 27.1. The second kappa shape index (κ2) is 10.6. The molecule has 2 saturated heterocycles. The van der Waals surface area contributed by atoms with Crippen molar-refractivity contribution in [2.75, 3.05) is 13.2 Å². The zero-order valence-corrected chi connectivity index (χ0v) is 20.4. The summed E-state index contributed by atoms with van der Waals surface area (Å²) in [5.41, 5.74) is -0.0968. The standard InChI is InChI=1S/C25H34O10/c1-12(2)21(28)24(31)32-7-6-15(11-26)23(30)34-18-10-25(5)19(35-25)9-16(27)13(3)8-17-20(18)14(4)22(29)33-17/h6,8,12,16-21,26-28H,4,7,9-11H2,1-3,5H3/b13-8-,15-6+/t16-,17+,18+,19+,20-,21?,25+/m0/s1. The van der Waals surface area contributed by atoms with Crippen LogP contribution in [0.1, 0.15) is 40.5 Å². The van der Waals surface area contributed by atoms with Gasteiger partial charge in [-0.3, -0.25) is 0 Å². The van der Waals surface area contributed by atoms with Gasteiger partial charge in [0.15, 0.2) is 6.10 Å².